The van der Waals surface area contributed by atoms with Gasteiger partial charge in [-0.15, -0.1) is 5.10 Å². The zero-order valence-electron chi connectivity index (χ0n) is 9.60. The minimum atomic E-state index is -0.215. The molecule has 3 heterocycles. The van der Waals surface area contributed by atoms with Crippen LogP contribution in [0.3, 0.4) is 0 Å². The van der Waals surface area contributed by atoms with E-state index in [0.717, 1.165) is 25.9 Å². The summed E-state index contributed by atoms with van der Waals surface area (Å²) < 4.78 is 1.79. The first-order chi connectivity index (χ1) is 8.25. The van der Waals surface area contributed by atoms with Crippen molar-refractivity contribution in [2.45, 2.75) is 25.8 Å². The minimum absolute atomic E-state index is 0.215. The third-order valence-electron chi connectivity index (χ3n) is 3.11. The molecule has 1 fully saturated rings. The Morgan fingerprint density at radius 2 is 2.12 bits per heavy atom. The summed E-state index contributed by atoms with van der Waals surface area (Å²) >= 11 is 0. The molecule has 1 saturated heterocycles. The number of aryl methyl sites for hydroxylation is 1. The maximum absolute atomic E-state index is 11.7. The van der Waals surface area contributed by atoms with Crippen molar-refractivity contribution >= 4 is 11.2 Å². The lowest BCUT2D eigenvalue weighted by Crippen LogP contribution is -2.30. The highest BCUT2D eigenvalue weighted by molar-refractivity contribution is 5.68. The summed E-state index contributed by atoms with van der Waals surface area (Å²) in [5.74, 6) is 0.597. The third kappa shape index (κ3) is 1.72. The van der Waals surface area contributed by atoms with Crippen molar-refractivity contribution < 1.29 is 0 Å². The highest BCUT2D eigenvalue weighted by atomic mass is 16.1. The van der Waals surface area contributed by atoms with E-state index >= 15 is 0 Å². The van der Waals surface area contributed by atoms with Crippen LogP contribution in [0.25, 0.3) is 11.2 Å². The number of aromatic amines is 1. The van der Waals surface area contributed by atoms with Gasteiger partial charge in [0.2, 0.25) is 0 Å². The Labute approximate surface area is 97.2 Å². The topological polar surface area (TPSA) is 88.5 Å². The Kier molecular flexibility index (Phi) is 2.40. The first kappa shape index (κ1) is 10.4. The zero-order chi connectivity index (χ0) is 11.8. The van der Waals surface area contributed by atoms with E-state index in [-0.39, 0.29) is 11.6 Å². The number of fused-ring (bicyclic) bond motifs is 1. The molecular formula is C10H14N6O. The second-order valence-electron chi connectivity index (χ2n) is 4.34. The molecule has 0 bridgehead atoms. The summed E-state index contributed by atoms with van der Waals surface area (Å²) in [7, 11) is 0. The highest BCUT2D eigenvalue weighted by Gasteiger charge is 2.20. The van der Waals surface area contributed by atoms with E-state index in [1.54, 1.807) is 11.6 Å². The molecule has 0 aromatic carbocycles. The third-order valence-corrected chi connectivity index (χ3v) is 3.11. The molecule has 2 aromatic heterocycles. The smallest absolute Gasteiger partial charge is 0.281 e. The Morgan fingerprint density at radius 3 is 2.88 bits per heavy atom. The van der Waals surface area contributed by atoms with E-state index in [0.29, 0.717) is 17.0 Å². The monoisotopic (exact) mass is 234 g/mol. The Hall–Kier alpha value is -1.76. The van der Waals surface area contributed by atoms with Crippen LogP contribution in [-0.4, -0.2) is 38.1 Å². The van der Waals surface area contributed by atoms with Crippen molar-refractivity contribution in [1.82, 2.24) is 30.3 Å². The molecule has 3 rings (SSSR count). The van der Waals surface area contributed by atoms with Crippen LogP contribution in [0.1, 0.15) is 24.7 Å². The number of H-pyrrole nitrogens is 1. The van der Waals surface area contributed by atoms with Crippen LogP contribution in [0.2, 0.25) is 0 Å². The SMILES string of the molecule is Cc1nc2c(nnn2C2CCNCC2)c(=O)[nH]1. The fraction of sp³-hybridized carbons (Fsp3) is 0.600. The predicted molar refractivity (Wildman–Crippen MR) is 61.8 cm³/mol. The van der Waals surface area contributed by atoms with Gasteiger partial charge in [0.05, 0.1) is 6.04 Å². The average Bonchev–Trinajstić information content (AvgIpc) is 2.74. The average molecular weight is 234 g/mol. The molecule has 0 radical (unpaired) electrons. The molecule has 90 valence electrons. The summed E-state index contributed by atoms with van der Waals surface area (Å²) in [6.45, 7) is 3.70. The summed E-state index contributed by atoms with van der Waals surface area (Å²) in [6, 6.07) is 0.287. The van der Waals surface area contributed by atoms with Gasteiger partial charge < -0.3 is 10.3 Å². The van der Waals surface area contributed by atoms with E-state index in [9.17, 15) is 4.79 Å². The summed E-state index contributed by atoms with van der Waals surface area (Å²) in [5.41, 5.74) is 0.708. The van der Waals surface area contributed by atoms with E-state index in [4.69, 9.17) is 0 Å². The molecule has 2 aromatic rings. The molecule has 0 atom stereocenters. The van der Waals surface area contributed by atoms with Crippen molar-refractivity contribution in [3.8, 4) is 0 Å². The Bertz CT molecular complexity index is 594. The fourth-order valence-electron chi connectivity index (χ4n) is 2.25. The van der Waals surface area contributed by atoms with Gasteiger partial charge in [0, 0.05) is 0 Å². The fourth-order valence-corrected chi connectivity index (χ4v) is 2.25. The molecule has 0 unspecified atom stereocenters. The molecule has 0 amide bonds. The van der Waals surface area contributed by atoms with Gasteiger partial charge in [-0.2, -0.15) is 0 Å². The van der Waals surface area contributed by atoms with Crippen LogP contribution < -0.4 is 10.9 Å². The maximum atomic E-state index is 11.7. The van der Waals surface area contributed by atoms with Crippen molar-refractivity contribution in [1.29, 1.82) is 0 Å². The van der Waals surface area contributed by atoms with Crippen LogP contribution in [0.15, 0.2) is 4.79 Å². The molecule has 0 saturated carbocycles. The lowest BCUT2D eigenvalue weighted by Gasteiger charge is -2.22. The second kappa shape index (κ2) is 3.92. The molecule has 0 aliphatic carbocycles. The van der Waals surface area contributed by atoms with Crippen molar-refractivity contribution in [3.63, 3.8) is 0 Å². The predicted octanol–water partition coefficient (Wildman–Crippen LogP) is -0.252. The van der Waals surface area contributed by atoms with Gasteiger partial charge in [-0.05, 0) is 32.9 Å². The van der Waals surface area contributed by atoms with Crippen LogP contribution in [0, 0.1) is 6.92 Å². The van der Waals surface area contributed by atoms with Crippen molar-refractivity contribution in [2.24, 2.45) is 0 Å². The van der Waals surface area contributed by atoms with Crippen molar-refractivity contribution in [2.75, 3.05) is 13.1 Å². The lowest BCUT2D eigenvalue weighted by molar-refractivity contribution is 0.343. The standard InChI is InChI=1S/C10H14N6O/c1-6-12-9-8(10(17)13-6)14-15-16(9)7-2-4-11-5-3-7/h7,11H,2-5H2,1H3,(H,12,13,17). The van der Waals surface area contributed by atoms with Crippen LogP contribution in [-0.2, 0) is 0 Å². The van der Waals surface area contributed by atoms with Gasteiger partial charge in [-0.3, -0.25) is 4.79 Å². The summed E-state index contributed by atoms with van der Waals surface area (Å²) in [4.78, 5) is 18.6. The molecule has 1 aliphatic rings. The summed E-state index contributed by atoms with van der Waals surface area (Å²) in [5, 5.41) is 11.3. The number of piperidine rings is 1. The molecular weight excluding hydrogens is 220 g/mol. The van der Waals surface area contributed by atoms with Gasteiger partial charge in [-0.25, -0.2) is 9.67 Å². The molecule has 7 nitrogen and oxygen atoms in total. The van der Waals surface area contributed by atoms with E-state index in [1.165, 1.54) is 0 Å². The number of rotatable bonds is 1. The summed E-state index contributed by atoms with van der Waals surface area (Å²) in [6.07, 6.45) is 1.98. The largest absolute Gasteiger partial charge is 0.317 e. The van der Waals surface area contributed by atoms with Gasteiger partial charge in [0.25, 0.3) is 5.56 Å². The highest BCUT2D eigenvalue weighted by Crippen LogP contribution is 2.19. The zero-order valence-corrected chi connectivity index (χ0v) is 9.60. The van der Waals surface area contributed by atoms with Gasteiger partial charge in [0.15, 0.2) is 11.2 Å². The van der Waals surface area contributed by atoms with E-state index < -0.39 is 0 Å². The Morgan fingerprint density at radius 1 is 1.35 bits per heavy atom. The molecule has 1 aliphatic heterocycles. The normalized spacial score (nSPS) is 17.7. The van der Waals surface area contributed by atoms with E-state index in [2.05, 4.69) is 25.6 Å². The van der Waals surface area contributed by atoms with Crippen LogP contribution in [0.5, 0.6) is 0 Å². The van der Waals surface area contributed by atoms with Gasteiger partial charge >= 0.3 is 0 Å². The van der Waals surface area contributed by atoms with Crippen LogP contribution >= 0.6 is 0 Å². The molecule has 7 heteroatoms. The van der Waals surface area contributed by atoms with E-state index in [1.807, 2.05) is 0 Å². The minimum Gasteiger partial charge on any atom is -0.317 e. The Balaban J connectivity index is 2.13. The first-order valence-corrected chi connectivity index (χ1v) is 5.78. The van der Waals surface area contributed by atoms with Gasteiger partial charge in [-0.1, -0.05) is 5.21 Å². The number of aromatic nitrogens is 5. The number of hydrogen-bond donors (Lipinski definition) is 2. The molecule has 0 spiro atoms. The number of hydrogen-bond acceptors (Lipinski definition) is 5. The quantitative estimate of drug-likeness (QED) is 0.710. The number of nitrogens with one attached hydrogen (secondary N) is 2. The van der Waals surface area contributed by atoms with Crippen LogP contribution in [0.4, 0.5) is 0 Å². The first-order valence-electron chi connectivity index (χ1n) is 5.78. The van der Waals surface area contributed by atoms with Gasteiger partial charge in [0.1, 0.15) is 5.82 Å². The molecule has 17 heavy (non-hydrogen) atoms. The molecule has 2 N–H and O–H groups in total. The van der Waals surface area contributed by atoms with Crippen molar-refractivity contribution in [3.05, 3.63) is 16.2 Å². The lowest BCUT2D eigenvalue weighted by atomic mass is 10.1. The second-order valence-corrected chi connectivity index (χ2v) is 4.34. The maximum Gasteiger partial charge on any atom is 0.281 e. The number of nitrogens with zero attached hydrogens (tertiary/aromatic N) is 4.